The number of rotatable bonds is 8. The first-order valence-corrected chi connectivity index (χ1v) is 9.19. The van der Waals surface area contributed by atoms with E-state index in [9.17, 15) is 8.42 Å². The standard InChI is InChI=1S/C14H22Cl2N2O2S/c1-4-6-9-18(3)21(19,20)13-8-7-12(15)11(14(13)16)10-17-5-2/h7-8,17H,4-6,9-10H2,1-3H3. The second-order valence-electron chi connectivity index (χ2n) is 4.80. The first-order chi connectivity index (χ1) is 9.86. The third-order valence-corrected chi connectivity index (χ3v) is 6.01. The lowest BCUT2D eigenvalue weighted by Crippen LogP contribution is -2.28. The number of sulfonamides is 1. The number of nitrogens with one attached hydrogen (secondary N) is 1. The van der Waals surface area contributed by atoms with Crippen LogP contribution in [0, 0.1) is 0 Å². The Labute approximate surface area is 137 Å². The summed E-state index contributed by atoms with van der Waals surface area (Å²) in [4.78, 5) is 0.111. The van der Waals surface area contributed by atoms with E-state index in [0.29, 0.717) is 23.7 Å². The van der Waals surface area contributed by atoms with Gasteiger partial charge in [-0.15, -0.1) is 0 Å². The minimum atomic E-state index is -3.59. The minimum absolute atomic E-state index is 0.111. The van der Waals surface area contributed by atoms with Crippen LogP contribution in [0.25, 0.3) is 0 Å². The Balaban J connectivity index is 3.18. The highest BCUT2D eigenvalue weighted by Crippen LogP contribution is 2.32. The van der Waals surface area contributed by atoms with Crippen LogP contribution in [0.4, 0.5) is 0 Å². The molecule has 0 aromatic heterocycles. The first kappa shape index (κ1) is 18.7. The Kier molecular flexibility index (Phi) is 7.44. The summed E-state index contributed by atoms with van der Waals surface area (Å²) in [5.41, 5.74) is 0.616. The van der Waals surface area contributed by atoms with E-state index in [1.54, 1.807) is 13.1 Å². The molecular formula is C14H22Cl2N2O2S. The van der Waals surface area contributed by atoms with Gasteiger partial charge in [-0.25, -0.2) is 12.7 Å². The summed E-state index contributed by atoms with van der Waals surface area (Å²) in [7, 11) is -2.02. The average Bonchev–Trinajstić information content (AvgIpc) is 2.44. The van der Waals surface area contributed by atoms with Gasteiger partial charge in [0.25, 0.3) is 0 Å². The summed E-state index contributed by atoms with van der Waals surface area (Å²) in [6, 6.07) is 3.05. The molecule has 0 amide bonds. The van der Waals surface area contributed by atoms with E-state index in [1.807, 2.05) is 13.8 Å². The number of unbranched alkanes of at least 4 members (excludes halogenated alkanes) is 1. The minimum Gasteiger partial charge on any atom is -0.313 e. The monoisotopic (exact) mass is 352 g/mol. The SMILES string of the molecule is CCCCN(C)S(=O)(=O)c1ccc(Cl)c(CNCC)c1Cl. The Bertz CT molecular complexity index is 577. The quantitative estimate of drug-likeness (QED) is 0.778. The normalized spacial score (nSPS) is 12.1. The van der Waals surface area contributed by atoms with Crippen LogP contribution in [0.15, 0.2) is 17.0 Å². The molecule has 0 heterocycles. The molecule has 0 bridgehead atoms. The van der Waals surface area contributed by atoms with Crippen molar-refractivity contribution in [2.24, 2.45) is 0 Å². The van der Waals surface area contributed by atoms with Gasteiger partial charge in [0.2, 0.25) is 10.0 Å². The number of halogens is 2. The zero-order chi connectivity index (χ0) is 16.0. The number of hydrogen-bond acceptors (Lipinski definition) is 3. The molecule has 0 saturated heterocycles. The summed E-state index contributed by atoms with van der Waals surface area (Å²) >= 11 is 12.4. The molecule has 7 heteroatoms. The highest BCUT2D eigenvalue weighted by molar-refractivity contribution is 7.89. The van der Waals surface area contributed by atoms with Crippen LogP contribution in [0.3, 0.4) is 0 Å². The zero-order valence-electron chi connectivity index (χ0n) is 12.6. The highest BCUT2D eigenvalue weighted by atomic mass is 35.5. The Morgan fingerprint density at radius 1 is 1.24 bits per heavy atom. The molecule has 1 rings (SSSR count). The molecule has 0 aliphatic heterocycles. The number of hydrogen-bond donors (Lipinski definition) is 1. The molecule has 0 fully saturated rings. The molecule has 0 radical (unpaired) electrons. The van der Waals surface area contributed by atoms with Crippen molar-refractivity contribution in [1.82, 2.24) is 9.62 Å². The smallest absolute Gasteiger partial charge is 0.244 e. The van der Waals surface area contributed by atoms with Crippen molar-refractivity contribution in [2.75, 3.05) is 20.1 Å². The summed E-state index contributed by atoms with van der Waals surface area (Å²) in [6.45, 7) is 5.64. The van der Waals surface area contributed by atoms with Crippen molar-refractivity contribution in [3.8, 4) is 0 Å². The van der Waals surface area contributed by atoms with Gasteiger partial charge in [-0.1, -0.05) is 43.5 Å². The van der Waals surface area contributed by atoms with Gasteiger partial charge in [0.05, 0.1) is 5.02 Å². The van der Waals surface area contributed by atoms with Gasteiger partial charge in [-0.05, 0) is 25.1 Å². The van der Waals surface area contributed by atoms with Crippen LogP contribution in [0.2, 0.25) is 10.0 Å². The predicted octanol–water partition coefficient (Wildman–Crippen LogP) is 3.52. The Morgan fingerprint density at radius 3 is 2.48 bits per heavy atom. The molecule has 21 heavy (non-hydrogen) atoms. The fraction of sp³-hybridized carbons (Fsp3) is 0.571. The van der Waals surface area contributed by atoms with Crippen LogP contribution < -0.4 is 5.32 Å². The summed E-state index contributed by atoms with van der Waals surface area (Å²) in [5, 5.41) is 3.78. The zero-order valence-corrected chi connectivity index (χ0v) is 14.9. The maximum atomic E-state index is 12.6. The van der Waals surface area contributed by atoms with Crippen molar-refractivity contribution in [3.63, 3.8) is 0 Å². The molecule has 120 valence electrons. The molecule has 1 N–H and O–H groups in total. The molecular weight excluding hydrogens is 331 g/mol. The highest BCUT2D eigenvalue weighted by Gasteiger charge is 2.25. The molecule has 0 aliphatic rings. The van der Waals surface area contributed by atoms with E-state index < -0.39 is 10.0 Å². The summed E-state index contributed by atoms with van der Waals surface area (Å²) < 4.78 is 26.5. The van der Waals surface area contributed by atoms with E-state index in [-0.39, 0.29) is 9.92 Å². The van der Waals surface area contributed by atoms with Crippen molar-refractivity contribution in [2.45, 2.75) is 38.1 Å². The largest absolute Gasteiger partial charge is 0.313 e. The van der Waals surface area contributed by atoms with Crippen LogP contribution in [-0.4, -0.2) is 32.9 Å². The van der Waals surface area contributed by atoms with Crippen molar-refractivity contribution < 1.29 is 8.42 Å². The number of benzene rings is 1. The second kappa shape index (κ2) is 8.34. The summed E-state index contributed by atoms with van der Waals surface area (Å²) in [6.07, 6.45) is 1.74. The third kappa shape index (κ3) is 4.57. The van der Waals surface area contributed by atoms with E-state index in [2.05, 4.69) is 5.32 Å². The average molecular weight is 353 g/mol. The van der Waals surface area contributed by atoms with Gasteiger partial charge >= 0.3 is 0 Å². The summed E-state index contributed by atoms with van der Waals surface area (Å²) in [5.74, 6) is 0. The Morgan fingerprint density at radius 2 is 1.90 bits per heavy atom. The molecule has 4 nitrogen and oxygen atoms in total. The lowest BCUT2D eigenvalue weighted by molar-refractivity contribution is 0.459. The van der Waals surface area contributed by atoms with Gasteiger partial charge < -0.3 is 5.32 Å². The molecule has 0 atom stereocenters. The molecule has 0 unspecified atom stereocenters. The van der Waals surface area contributed by atoms with E-state index >= 15 is 0 Å². The van der Waals surface area contributed by atoms with E-state index in [1.165, 1.54) is 10.4 Å². The molecule has 1 aromatic carbocycles. The number of nitrogens with zero attached hydrogens (tertiary/aromatic N) is 1. The van der Waals surface area contributed by atoms with Gasteiger partial charge in [-0.2, -0.15) is 0 Å². The molecule has 0 spiro atoms. The van der Waals surface area contributed by atoms with Crippen molar-refractivity contribution in [3.05, 3.63) is 27.7 Å². The van der Waals surface area contributed by atoms with E-state index in [4.69, 9.17) is 23.2 Å². The first-order valence-electron chi connectivity index (χ1n) is 7.00. The fourth-order valence-corrected chi connectivity index (χ4v) is 3.95. The van der Waals surface area contributed by atoms with Gasteiger partial charge in [0.15, 0.2) is 0 Å². The van der Waals surface area contributed by atoms with Crippen molar-refractivity contribution >= 4 is 33.2 Å². The molecule has 1 aromatic rings. The van der Waals surface area contributed by atoms with Crippen LogP contribution in [0.5, 0.6) is 0 Å². The lowest BCUT2D eigenvalue weighted by Gasteiger charge is -2.19. The van der Waals surface area contributed by atoms with Crippen molar-refractivity contribution in [1.29, 1.82) is 0 Å². The fourth-order valence-electron chi connectivity index (χ4n) is 1.86. The maximum absolute atomic E-state index is 12.6. The maximum Gasteiger partial charge on any atom is 0.244 e. The van der Waals surface area contributed by atoms with Gasteiger partial charge in [0.1, 0.15) is 4.90 Å². The molecule has 0 aliphatic carbocycles. The van der Waals surface area contributed by atoms with Gasteiger partial charge in [-0.3, -0.25) is 0 Å². The Hall–Kier alpha value is -0.330. The molecule has 0 saturated carbocycles. The van der Waals surface area contributed by atoms with E-state index in [0.717, 1.165) is 19.4 Å². The van der Waals surface area contributed by atoms with Gasteiger partial charge in [0, 0.05) is 30.7 Å². The van der Waals surface area contributed by atoms with Crippen LogP contribution in [0.1, 0.15) is 32.3 Å². The topological polar surface area (TPSA) is 49.4 Å². The second-order valence-corrected chi connectivity index (χ2v) is 7.60. The van der Waals surface area contributed by atoms with Crippen LogP contribution >= 0.6 is 23.2 Å². The lowest BCUT2D eigenvalue weighted by atomic mass is 10.2. The van der Waals surface area contributed by atoms with Crippen LogP contribution in [-0.2, 0) is 16.6 Å². The predicted molar refractivity (Wildman–Crippen MR) is 88.6 cm³/mol. The third-order valence-electron chi connectivity index (χ3n) is 3.22.